The Hall–Kier alpha value is -1.30. The molecule has 1 aromatic rings. The van der Waals surface area contributed by atoms with Crippen molar-refractivity contribution in [2.45, 2.75) is 45.4 Å². The zero-order valence-corrected chi connectivity index (χ0v) is 11.8. The fraction of sp³-hybridized carbons (Fsp3) is 0.444. The van der Waals surface area contributed by atoms with Gasteiger partial charge in [-0.05, 0) is 43.1 Å². The van der Waals surface area contributed by atoms with Gasteiger partial charge in [0, 0.05) is 0 Å². The minimum Gasteiger partial charge on any atom is -0.103 e. The van der Waals surface area contributed by atoms with Gasteiger partial charge in [0.2, 0.25) is 0 Å². The van der Waals surface area contributed by atoms with Crippen molar-refractivity contribution >= 4 is 0 Å². The van der Waals surface area contributed by atoms with Gasteiger partial charge in [0.15, 0.2) is 0 Å². The first kappa shape index (κ1) is 14.8. The minimum absolute atomic E-state index is 0.617. The lowest BCUT2D eigenvalue weighted by molar-refractivity contribution is 0.533. The first-order valence-corrected chi connectivity index (χ1v) is 7.10. The lowest BCUT2D eigenvalue weighted by atomic mass is 9.88. The molecule has 1 rings (SSSR count). The monoisotopic (exact) mass is 242 g/mol. The van der Waals surface area contributed by atoms with E-state index in [0.717, 1.165) is 12.8 Å². The molecule has 0 radical (unpaired) electrons. The third-order valence-corrected chi connectivity index (χ3v) is 3.47. The van der Waals surface area contributed by atoms with Crippen molar-refractivity contribution in [1.29, 1.82) is 0 Å². The average molecular weight is 242 g/mol. The van der Waals surface area contributed by atoms with Gasteiger partial charge in [0.1, 0.15) is 0 Å². The Labute approximate surface area is 112 Å². The van der Waals surface area contributed by atoms with Gasteiger partial charge in [0.25, 0.3) is 0 Å². The number of benzene rings is 1. The van der Waals surface area contributed by atoms with Crippen LogP contribution in [-0.4, -0.2) is 0 Å². The third-order valence-electron chi connectivity index (χ3n) is 3.47. The SMILES string of the molecule is C=CC(C)CCC(C/C=C/CC)c1ccccc1. The Kier molecular flexibility index (Phi) is 7.17. The molecular formula is C18H26. The van der Waals surface area contributed by atoms with E-state index < -0.39 is 0 Å². The zero-order valence-electron chi connectivity index (χ0n) is 11.8. The van der Waals surface area contributed by atoms with Crippen LogP contribution in [0, 0.1) is 5.92 Å². The normalized spacial score (nSPS) is 14.6. The van der Waals surface area contributed by atoms with Gasteiger partial charge in [-0.3, -0.25) is 0 Å². The minimum atomic E-state index is 0.617. The van der Waals surface area contributed by atoms with Crippen LogP contribution < -0.4 is 0 Å². The van der Waals surface area contributed by atoms with Crippen LogP contribution in [0.25, 0.3) is 0 Å². The molecule has 0 heterocycles. The van der Waals surface area contributed by atoms with Crippen LogP contribution in [0.15, 0.2) is 55.1 Å². The number of hydrogen-bond donors (Lipinski definition) is 0. The lowest BCUT2D eigenvalue weighted by Crippen LogP contribution is -2.00. The van der Waals surface area contributed by atoms with E-state index in [0.29, 0.717) is 11.8 Å². The number of rotatable bonds is 8. The van der Waals surface area contributed by atoms with Crippen molar-refractivity contribution in [3.63, 3.8) is 0 Å². The van der Waals surface area contributed by atoms with Gasteiger partial charge in [-0.15, -0.1) is 6.58 Å². The molecule has 0 amide bonds. The second-order valence-electron chi connectivity index (χ2n) is 5.01. The number of hydrogen-bond acceptors (Lipinski definition) is 0. The molecule has 0 N–H and O–H groups in total. The number of allylic oxidation sites excluding steroid dienone is 3. The summed E-state index contributed by atoms with van der Waals surface area (Å²) in [6.07, 6.45) is 11.4. The van der Waals surface area contributed by atoms with Gasteiger partial charge < -0.3 is 0 Å². The largest absolute Gasteiger partial charge is 0.103 e. The van der Waals surface area contributed by atoms with Crippen molar-refractivity contribution in [2.24, 2.45) is 5.92 Å². The van der Waals surface area contributed by atoms with Crippen molar-refractivity contribution in [2.75, 3.05) is 0 Å². The van der Waals surface area contributed by atoms with Gasteiger partial charge in [-0.2, -0.15) is 0 Å². The van der Waals surface area contributed by atoms with Crippen LogP contribution in [0.5, 0.6) is 0 Å². The van der Waals surface area contributed by atoms with Crippen molar-refractivity contribution in [3.05, 3.63) is 60.7 Å². The molecule has 0 aliphatic rings. The van der Waals surface area contributed by atoms with Crippen LogP contribution in [-0.2, 0) is 0 Å². The van der Waals surface area contributed by atoms with Crippen molar-refractivity contribution in [3.8, 4) is 0 Å². The predicted molar refractivity (Wildman–Crippen MR) is 81.8 cm³/mol. The summed E-state index contributed by atoms with van der Waals surface area (Å²) >= 11 is 0. The van der Waals surface area contributed by atoms with Crippen LogP contribution in [0.3, 0.4) is 0 Å². The molecule has 0 fully saturated rings. The van der Waals surface area contributed by atoms with Crippen LogP contribution in [0.2, 0.25) is 0 Å². The molecule has 1 aromatic carbocycles. The van der Waals surface area contributed by atoms with E-state index >= 15 is 0 Å². The lowest BCUT2D eigenvalue weighted by Gasteiger charge is -2.17. The molecule has 98 valence electrons. The van der Waals surface area contributed by atoms with E-state index in [1.807, 2.05) is 0 Å². The molecule has 0 heteroatoms. The van der Waals surface area contributed by atoms with Crippen LogP contribution >= 0.6 is 0 Å². The molecule has 0 bridgehead atoms. The Balaban J connectivity index is 2.63. The third kappa shape index (κ3) is 5.35. The second-order valence-corrected chi connectivity index (χ2v) is 5.01. The maximum absolute atomic E-state index is 3.87. The molecule has 0 aliphatic heterocycles. The van der Waals surface area contributed by atoms with E-state index in [2.05, 4.69) is 69.0 Å². The summed E-state index contributed by atoms with van der Waals surface area (Å²) in [6, 6.07) is 10.9. The second kappa shape index (κ2) is 8.74. The van der Waals surface area contributed by atoms with Gasteiger partial charge in [-0.1, -0.05) is 62.4 Å². The van der Waals surface area contributed by atoms with E-state index in [-0.39, 0.29) is 0 Å². The Morgan fingerprint density at radius 1 is 1.11 bits per heavy atom. The molecule has 0 saturated carbocycles. The van der Waals surface area contributed by atoms with Gasteiger partial charge in [0.05, 0.1) is 0 Å². The summed E-state index contributed by atoms with van der Waals surface area (Å²) in [5, 5.41) is 0. The predicted octanol–water partition coefficient (Wildman–Crippen LogP) is 5.73. The Morgan fingerprint density at radius 3 is 2.44 bits per heavy atom. The first-order chi connectivity index (χ1) is 8.77. The average Bonchev–Trinajstić information content (AvgIpc) is 2.43. The summed E-state index contributed by atoms with van der Waals surface area (Å²) in [6.45, 7) is 8.31. The summed E-state index contributed by atoms with van der Waals surface area (Å²) in [5.74, 6) is 1.27. The highest BCUT2D eigenvalue weighted by atomic mass is 14.2. The van der Waals surface area contributed by atoms with Gasteiger partial charge >= 0.3 is 0 Å². The molecule has 18 heavy (non-hydrogen) atoms. The van der Waals surface area contributed by atoms with E-state index in [1.165, 1.54) is 18.4 Å². The van der Waals surface area contributed by atoms with E-state index in [1.54, 1.807) is 0 Å². The summed E-state index contributed by atoms with van der Waals surface area (Å²) in [5.41, 5.74) is 1.47. The molecule has 2 atom stereocenters. The Bertz CT molecular complexity index is 348. The maximum atomic E-state index is 3.87. The zero-order chi connectivity index (χ0) is 13.2. The molecule has 0 spiro atoms. The topological polar surface area (TPSA) is 0 Å². The molecule has 0 nitrogen and oxygen atoms in total. The van der Waals surface area contributed by atoms with E-state index in [4.69, 9.17) is 0 Å². The molecule has 0 aliphatic carbocycles. The van der Waals surface area contributed by atoms with Crippen LogP contribution in [0.4, 0.5) is 0 Å². The Morgan fingerprint density at radius 2 is 1.83 bits per heavy atom. The molecule has 0 aromatic heterocycles. The smallest absolute Gasteiger partial charge is 0.0127 e. The first-order valence-electron chi connectivity index (χ1n) is 7.10. The molecule has 2 unspecified atom stereocenters. The standard InChI is InChI=1S/C18H26/c1-4-6-8-11-18(15-14-16(3)5-2)17-12-9-7-10-13-17/h5-10,12-13,16,18H,2,4,11,14-15H2,1,3H3/b8-6+. The molecular weight excluding hydrogens is 216 g/mol. The highest BCUT2D eigenvalue weighted by molar-refractivity contribution is 5.20. The summed E-state index contributed by atoms with van der Waals surface area (Å²) in [7, 11) is 0. The molecule has 0 saturated heterocycles. The maximum Gasteiger partial charge on any atom is -0.0127 e. The highest BCUT2D eigenvalue weighted by Crippen LogP contribution is 2.27. The summed E-state index contributed by atoms with van der Waals surface area (Å²) in [4.78, 5) is 0. The fourth-order valence-corrected chi connectivity index (χ4v) is 2.15. The summed E-state index contributed by atoms with van der Waals surface area (Å²) < 4.78 is 0. The fourth-order valence-electron chi connectivity index (χ4n) is 2.15. The van der Waals surface area contributed by atoms with Gasteiger partial charge in [-0.25, -0.2) is 0 Å². The highest BCUT2D eigenvalue weighted by Gasteiger charge is 2.10. The van der Waals surface area contributed by atoms with Crippen molar-refractivity contribution in [1.82, 2.24) is 0 Å². The van der Waals surface area contributed by atoms with E-state index in [9.17, 15) is 0 Å². The quantitative estimate of drug-likeness (QED) is 0.511. The van der Waals surface area contributed by atoms with Crippen molar-refractivity contribution < 1.29 is 0 Å². The van der Waals surface area contributed by atoms with Crippen LogP contribution in [0.1, 0.15) is 51.0 Å².